The third kappa shape index (κ3) is 3.24. The molecular weight excluding hydrogens is 348 g/mol. The van der Waals surface area contributed by atoms with Gasteiger partial charge in [0.25, 0.3) is 0 Å². The van der Waals surface area contributed by atoms with Gasteiger partial charge in [0.2, 0.25) is 0 Å². The summed E-state index contributed by atoms with van der Waals surface area (Å²) in [4.78, 5) is 0. The molecule has 0 aliphatic rings. The molecule has 0 saturated heterocycles. The molecule has 4 aromatic rings. The molecule has 2 aromatic heterocycles. The highest BCUT2D eigenvalue weighted by Gasteiger charge is 2.34. The maximum Gasteiger partial charge on any atom is 0.117 e. The number of hydrogen-bond donors (Lipinski definition) is 4. The fourth-order valence-corrected chi connectivity index (χ4v) is 3.20. The van der Waals surface area contributed by atoms with Gasteiger partial charge in [0, 0.05) is 6.54 Å². The van der Waals surface area contributed by atoms with Gasteiger partial charge in [0.15, 0.2) is 0 Å². The zero-order chi connectivity index (χ0) is 19.7. The van der Waals surface area contributed by atoms with Crippen molar-refractivity contribution in [1.82, 2.24) is 20.4 Å². The van der Waals surface area contributed by atoms with Gasteiger partial charge in [-0.25, -0.2) is 0 Å². The predicted molar refractivity (Wildman–Crippen MR) is 112 cm³/mol. The monoisotopic (exact) mass is 372 g/mol. The van der Waals surface area contributed by atoms with Crippen molar-refractivity contribution in [2.45, 2.75) is 19.4 Å². The zero-order valence-corrected chi connectivity index (χ0v) is 16.0. The Balaban J connectivity index is 1.67. The molecule has 0 atom stereocenters. The van der Waals surface area contributed by atoms with Crippen molar-refractivity contribution in [2.24, 2.45) is 11.5 Å². The predicted octanol–water partition coefficient (Wildman–Crippen LogP) is 3.24. The van der Waals surface area contributed by atoms with Crippen LogP contribution >= 0.6 is 0 Å². The van der Waals surface area contributed by atoms with Gasteiger partial charge in [0.05, 0.1) is 22.8 Å². The van der Waals surface area contributed by atoms with Crippen LogP contribution in [-0.4, -0.2) is 26.9 Å². The Kier molecular flexibility index (Phi) is 4.58. The normalized spacial score (nSPS) is 11.7. The summed E-state index contributed by atoms with van der Waals surface area (Å²) in [5, 5.41) is 15.0. The summed E-state index contributed by atoms with van der Waals surface area (Å²) in [7, 11) is 0. The summed E-state index contributed by atoms with van der Waals surface area (Å²) in [5.41, 5.74) is 19.4. The fourth-order valence-electron chi connectivity index (χ4n) is 3.20. The van der Waals surface area contributed by atoms with Gasteiger partial charge >= 0.3 is 0 Å². The smallest absolute Gasteiger partial charge is 0.117 e. The quantitative estimate of drug-likeness (QED) is 0.431. The Hall–Kier alpha value is -3.22. The molecule has 142 valence electrons. The molecule has 6 nitrogen and oxygen atoms in total. The van der Waals surface area contributed by atoms with Gasteiger partial charge in [-0.05, 0) is 37.1 Å². The van der Waals surface area contributed by atoms with Crippen LogP contribution < -0.4 is 11.5 Å². The molecule has 0 saturated carbocycles. The number of benzene rings is 2. The second-order valence-electron chi connectivity index (χ2n) is 7.24. The maximum atomic E-state index is 6.68. The first kappa shape index (κ1) is 18.2. The number of nitrogens with zero attached hydrogens (tertiary/aromatic N) is 2. The minimum atomic E-state index is -0.987. The molecule has 2 aromatic carbocycles. The van der Waals surface area contributed by atoms with Crippen molar-refractivity contribution in [1.29, 1.82) is 0 Å². The number of rotatable bonds is 5. The van der Waals surface area contributed by atoms with Crippen LogP contribution in [0.15, 0.2) is 60.7 Å². The van der Waals surface area contributed by atoms with Crippen LogP contribution in [0.2, 0.25) is 0 Å². The van der Waals surface area contributed by atoms with E-state index in [4.69, 9.17) is 11.5 Å². The van der Waals surface area contributed by atoms with Gasteiger partial charge < -0.3 is 11.5 Å². The van der Waals surface area contributed by atoms with E-state index >= 15 is 0 Å². The van der Waals surface area contributed by atoms with Crippen LogP contribution in [0.1, 0.15) is 22.5 Å². The molecule has 0 radical (unpaired) electrons. The van der Waals surface area contributed by atoms with E-state index in [0.29, 0.717) is 11.4 Å². The van der Waals surface area contributed by atoms with Crippen LogP contribution in [0.4, 0.5) is 0 Å². The van der Waals surface area contributed by atoms with E-state index in [1.54, 1.807) is 0 Å². The lowest BCUT2D eigenvalue weighted by Crippen LogP contribution is -2.45. The number of hydrogen-bond acceptors (Lipinski definition) is 4. The van der Waals surface area contributed by atoms with Crippen molar-refractivity contribution in [2.75, 3.05) is 6.54 Å². The SMILES string of the molecule is Cc1ccc(-c2cc(C(N)(CN)c3cc(-c4ccc(C)cc4)[nH]n3)n[nH]2)cc1. The Bertz CT molecular complexity index is 989. The number of aromatic nitrogens is 4. The molecule has 2 heterocycles. The largest absolute Gasteiger partial charge is 0.328 e. The van der Waals surface area contributed by atoms with Crippen molar-refractivity contribution in [3.8, 4) is 22.5 Å². The molecule has 0 aliphatic heterocycles. The van der Waals surface area contributed by atoms with E-state index < -0.39 is 5.54 Å². The van der Waals surface area contributed by atoms with Crippen molar-refractivity contribution in [3.05, 3.63) is 83.2 Å². The van der Waals surface area contributed by atoms with Crippen LogP contribution in [0.3, 0.4) is 0 Å². The third-order valence-electron chi connectivity index (χ3n) is 5.12. The lowest BCUT2D eigenvalue weighted by molar-refractivity contribution is 0.515. The Labute approximate surface area is 164 Å². The van der Waals surface area contributed by atoms with Gasteiger partial charge in [-0.3, -0.25) is 10.2 Å². The fraction of sp³-hybridized carbons (Fsp3) is 0.182. The lowest BCUT2D eigenvalue weighted by Gasteiger charge is -2.23. The number of aryl methyl sites for hydroxylation is 2. The number of nitrogens with two attached hydrogens (primary N) is 2. The molecule has 4 rings (SSSR count). The number of aromatic amines is 2. The Morgan fingerprint density at radius 2 is 1.14 bits per heavy atom. The molecule has 0 amide bonds. The molecule has 28 heavy (non-hydrogen) atoms. The minimum Gasteiger partial charge on any atom is -0.328 e. The lowest BCUT2D eigenvalue weighted by atomic mass is 9.91. The molecule has 0 spiro atoms. The average molecular weight is 372 g/mol. The Morgan fingerprint density at radius 1 is 0.750 bits per heavy atom. The third-order valence-corrected chi connectivity index (χ3v) is 5.12. The van der Waals surface area contributed by atoms with E-state index in [2.05, 4.69) is 82.8 Å². The molecular formula is C22H24N6. The van der Waals surface area contributed by atoms with E-state index in [-0.39, 0.29) is 6.54 Å². The number of nitrogens with one attached hydrogen (secondary N) is 2. The highest BCUT2D eigenvalue weighted by Crippen LogP contribution is 2.29. The van der Waals surface area contributed by atoms with Crippen molar-refractivity contribution >= 4 is 0 Å². The van der Waals surface area contributed by atoms with Gasteiger partial charge in [-0.15, -0.1) is 0 Å². The van der Waals surface area contributed by atoms with E-state index in [1.165, 1.54) is 11.1 Å². The van der Waals surface area contributed by atoms with E-state index in [1.807, 2.05) is 12.1 Å². The first-order valence-electron chi connectivity index (χ1n) is 9.24. The van der Waals surface area contributed by atoms with Crippen molar-refractivity contribution in [3.63, 3.8) is 0 Å². The summed E-state index contributed by atoms with van der Waals surface area (Å²) in [6.07, 6.45) is 0. The molecule has 0 unspecified atom stereocenters. The van der Waals surface area contributed by atoms with Crippen molar-refractivity contribution < 1.29 is 0 Å². The molecule has 6 heteroatoms. The highest BCUT2D eigenvalue weighted by molar-refractivity contribution is 5.62. The topological polar surface area (TPSA) is 109 Å². The standard InChI is InChI=1S/C22H24N6/c1-14-3-7-16(8-4-14)18-11-20(27-25-18)22(24,13-23)21-12-19(26-28-21)17-9-5-15(2)6-10-17/h3-12H,13,23-24H2,1-2H3,(H,25,27)(H,26,28). The number of H-pyrrole nitrogens is 2. The maximum absolute atomic E-state index is 6.68. The van der Waals surface area contributed by atoms with E-state index in [0.717, 1.165) is 22.5 Å². The zero-order valence-electron chi connectivity index (χ0n) is 16.0. The van der Waals surface area contributed by atoms with E-state index in [9.17, 15) is 0 Å². The molecule has 0 fully saturated rings. The summed E-state index contributed by atoms with van der Waals surface area (Å²) < 4.78 is 0. The molecule has 6 N–H and O–H groups in total. The van der Waals surface area contributed by atoms with Crippen LogP contribution in [0, 0.1) is 13.8 Å². The van der Waals surface area contributed by atoms with Gasteiger partial charge in [-0.1, -0.05) is 59.7 Å². The second kappa shape index (κ2) is 7.07. The van der Waals surface area contributed by atoms with Crippen LogP contribution in [-0.2, 0) is 5.54 Å². The van der Waals surface area contributed by atoms with Crippen LogP contribution in [0.5, 0.6) is 0 Å². The summed E-state index contributed by atoms with van der Waals surface area (Å²) in [5.74, 6) is 0. The van der Waals surface area contributed by atoms with Gasteiger partial charge in [-0.2, -0.15) is 10.2 Å². The summed E-state index contributed by atoms with van der Waals surface area (Å²) >= 11 is 0. The minimum absolute atomic E-state index is 0.184. The average Bonchev–Trinajstić information content (AvgIpc) is 3.39. The molecule has 0 aliphatic carbocycles. The summed E-state index contributed by atoms with van der Waals surface area (Å²) in [6, 6.07) is 20.4. The first-order chi connectivity index (χ1) is 13.5. The second-order valence-corrected chi connectivity index (χ2v) is 7.24. The summed E-state index contributed by atoms with van der Waals surface area (Å²) in [6.45, 7) is 4.30. The molecule has 0 bridgehead atoms. The Morgan fingerprint density at radius 3 is 1.50 bits per heavy atom. The van der Waals surface area contributed by atoms with Crippen LogP contribution in [0.25, 0.3) is 22.5 Å². The first-order valence-corrected chi connectivity index (χ1v) is 9.24. The highest BCUT2D eigenvalue weighted by atomic mass is 15.2. The van der Waals surface area contributed by atoms with Gasteiger partial charge in [0.1, 0.15) is 5.54 Å².